The fraction of sp³-hybridized carbons (Fsp3) is 0.267. The van der Waals surface area contributed by atoms with Crippen molar-refractivity contribution >= 4 is 12.0 Å². The molecule has 114 valence electrons. The normalized spacial score (nSPS) is 22.1. The van der Waals surface area contributed by atoms with Crippen LogP contribution in [0.5, 0.6) is 0 Å². The Morgan fingerprint density at radius 3 is 3.09 bits per heavy atom. The second-order valence-electron chi connectivity index (χ2n) is 5.04. The van der Waals surface area contributed by atoms with Crippen LogP contribution in [0, 0.1) is 10.1 Å². The van der Waals surface area contributed by atoms with Gasteiger partial charge in [-0.15, -0.1) is 0 Å². The van der Waals surface area contributed by atoms with E-state index in [2.05, 4.69) is 5.32 Å². The lowest BCUT2D eigenvalue weighted by Gasteiger charge is -2.12. The molecule has 0 bridgehead atoms. The number of rotatable bonds is 4. The molecule has 1 aromatic heterocycles. The molecule has 1 aliphatic carbocycles. The highest BCUT2D eigenvalue weighted by molar-refractivity contribution is 6.06. The van der Waals surface area contributed by atoms with Crippen molar-refractivity contribution in [2.24, 2.45) is 0 Å². The van der Waals surface area contributed by atoms with Gasteiger partial charge in [0, 0.05) is 18.8 Å². The Morgan fingerprint density at radius 2 is 2.36 bits per heavy atom. The van der Waals surface area contributed by atoms with Crippen LogP contribution < -0.4 is 5.32 Å². The van der Waals surface area contributed by atoms with Crippen LogP contribution in [-0.2, 0) is 16.1 Å². The summed E-state index contributed by atoms with van der Waals surface area (Å²) in [6.07, 6.45) is 4.97. The molecule has 0 spiro atoms. The number of hydrogen-bond donors (Lipinski definition) is 1. The molecule has 1 atom stereocenters. The van der Waals surface area contributed by atoms with Gasteiger partial charge in [-0.05, 0) is 36.3 Å². The highest BCUT2D eigenvalue weighted by Gasteiger charge is 2.35. The van der Waals surface area contributed by atoms with Crippen LogP contribution in [0.25, 0.3) is 6.08 Å². The third kappa shape index (κ3) is 2.58. The summed E-state index contributed by atoms with van der Waals surface area (Å²) >= 11 is 0. The molecular weight excluding hydrogens is 288 g/mol. The molecule has 7 nitrogen and oxygen atoms in total. The van der Waals surface area contributed by atoms with Crippen molar-refractivity contribution in [1.29, 1.82) is 0 Å². The molecule has 0 radical (unpaired) electrons. The lowest BCUT2D eigenvalue weighted by atomic mass is 9.95. The van der Waals surface area contributed by atoms with E-state index in [9.17, 15) is 14.9 Å². The fourth-order valence-corrected chi connectivity index (χ4v) is 2.56. The third-order valence-electron chi connectivity index (χ3n) is 3.57. The van der Waals surface area contributed by atoms with E-state index >= 15 is 0 Å². The first-order valence-corrected chi connectivity index (χ1v) is 6.75. The van der Waals surface area contributed by atoms with Crippen molar-refractivity contribution in [3.8, 4) is 0 Å². The summed E-state index contributed by atoms with van der Waals surface area (Å²) in [5.41, 5.74) is 1.04. The predicted molar refractivity (Wildman–Crippen MR) is 77.1 cm³/mol. The highest BCUT2D eigenvalue weighted by Crippen LogP contribution is 2.31. The molecule has 1 fully saturated rings. The van der Waals surface area contributed by atoms with Gasteiger partial charge in [0.25, 0.3) is 11.6 Å². The lowest BCUT2D eigenvalue weighted by Crippen LogP contribution is -2.26. The Balaban J connectivity index is 1.94. The van der Waals surface area contributed by atoms with E-state index in [1.807, 2.05) is 0 Å². The minimum Gasteiger partial charge on any atom is -0.459 e. The lowest BCUT2D eigenvalue weighted by molar-refractivity contribution is -0.419. The van der Waals surface area contributed by atoms with E-state index in [0.29, 0.717) is 35.7 Å². The molecule has 2 aliphatic rings. The number of nitrogens with zero attached hydrogens (tertiary/aromatic N) is 1. The first kappa shape index (κ1) is 14.3. The molecule has 0 saturated carbocycles. The number of fused-ring (bicyclic) bond motifs is 1. The number of allylic oxidation sites excluding steroid dienone is 1. The topological polar surface area (TPSA) is 94.6 Å². The number of nitro groups is 1. The quantitative estimate of drug-likeness (QED) is 0.520. The summed E-state index contributed by atoms with van der Waals surface area (Å²) in [5, 5.41) is 13.7. The van der Waals surface area contributed by atoms with E-state index in [0.717, 1.165) is 0 Å². The second kappa shape index (κ2) is 5.61. The first-order chi connectivity index (χ1) is 10.6. The molecule has 22 heavy (non-hydrogen) atoms. The number of furan rings is 1. The number of carbonyl (C=O) groups excluding carboxylic acids is 1. The van der Waals surface area contributed by atoms with E-state index in [1.54, 1.807) is 25.3 Å². The van der Waals surface area contributed by atoms with Crippen molar-refractivity contribution in [3.05, 3.63) is 62.8 Å². The summed E-state index contributed by atoms with van der Waals surface area (Å²) in [7, 11) is 1.56. The van der Waals surface area contributed by atoms with Gasteiger partial charge in [-0.1, -0.05) is 0 Å². The van der Waals surface area contributed by atoms with Gasteiger partial charge in [0.2, 0.25) is 0 Å². The number of carbonyl (C=O) groups is 1. The van der Waals surface area contributed by atoms with Crippen LogP contribution >= 0.6 is 0 Å². The van der Waals surface area contributed by atoms with E-state index in [1.165, 1.54) is 12.2 Å². The van der Waals surface area contributed by atoms with Gasteiger partial charge in [0.05, 0.1) is 11.0 Å². The average molecular weight is 302 g/mol. The zero-order valence-corrected chi connectivity index (χ0v) is 11.9. The van der Waals surface area contributed by atoms with Crippen molar-refractivity contribution in [2.45, 2.75) is 19.1 Å². The van der Waals surface area contributed by atoms with Crippen LogP contribution in [0.4, 0.5) is 0 Å². The Kier molecular flexibility index (Phi) is 3.64. The standard InChI is InChI=1S/C15H14N2O5/c1-21-8-11-4-3-10(22-11)7-13-12-6-9(17(19)20)2-5-14(12)16-15(13)18/h2-4,6-7,14H,5,8H2,1H3,(H,16,18)/b13-7+. The minimum absolute atomic E-state index is 0.00756. The van der Waals surface area contributed by atoms with E-state index in [-0.39, 0.29) is 17.6 Å². The molecule has 1 saturated heterocycles. The maximum absolute atomic E-state index is 12.1. The molecule has 1 unspecified atom stereocenters. The summed E-state index contributed by atoms with van der Waals surface area (Å²) < 4.78 is 10.5. The summed E-state index contributed by atoms with van der Waals surface area (Å²) in [6.45, 7) is 0.342. The monoisotopic (exact) mass is 302 g/mol. The van der Waals surface area contributed by atoms with Gasteiger partial charge in [0.15, 0.2) is 0 Å². The zero-order chi connectivity index (χ0) is 15.7. The predicted octanol–water partition coefficient (Wildman–Crippen LogP) is 1.80. The summed E-state index contributed by atoms with van der Waals surface area (Å²) in [5.74, 6) is 0.905. The van der Waals surface area contributed by atoms with Crippen molar-refractivity contribution < 1.29 is 18.9 Å². The molecule has 1 aliphatic heterocycles. The van der Waals surface area contributed by atoms with Crippen LogP contribution in [0.2, 0.25) is 0 Å². The number of amides is 1. The third-order valence-corrected chi connectivity index (χ3v) is 3.57. The van der Waals surface area contributed by atoms with Crippen LogP contribution in [0.3, 0.4) is 0 Å². The second-order valence-corrected chi connectivity index (χ2v) is 5.04. The summed E-state index contributed by atoms with van der Waals surface area (Å²) in [6, 6.07) is 3.28. The van der Waals surface area contributed by atoms with Crippen LogP contribution in [0.15, 0.2) is 45.5 Å². The van der Waals surface area contributed by atoms with Crippen molar-refractivity contribution in [3.63, 3.8) is 0 Å². The molecule has 1 N–H and O–H groups in total. The maximum atomic E-state index is 12.1. The molecule has 1 amide bonds. The molecule has 3 rings (SSSR count). The van der Waals surface area contributed by atoms with Crippen molar-refractivity contribution in [2.75, 3.05) is 7.11 Å². The minimum atomic E-state index is -0.451. The Labute approximate surface area is 126 Å². The number of hydrogen-bond acceptors (Lipinski definition) is 5. The number of methoxy groups -OCH3 is 1. The number of nitrogens with one attached hydrogen (secondary N) is 1. The molecule has 0 aromatic carbocycles. The first-order valence-electron chi connectivity index (χ1n) is 6.75. The van der Waals surface area contributed by atoms with Gasteiger partial charge in [-0.2, -0.15) is 0 Å². The van der Waals surface area contributed by atoms with Gasteiger partial charge < -0.3 is 14.5 Å². The maximum Gasteiger partial charge on any atom is 0.265 e. The molecule has 1 aromatic rings. The molecule has 7 heteroatoms. The van der Waals surface area contributed by atoms with Crippen LogP contribution in [0.1, 0.15) is 17.9 Å². The van der Waals surface area contributed by atoms with Gasteiger partial charge in [-0.25, -0.2) is 0 Å². The zero-order valence-electron chi connectivity index (χ0n) is 11.9. The van der Waals surface area contributed by atoms with E-state index < -0.39 is 4.92 Å². The molecular formula is C15H14N2O5. The Hall–Kier alpha value is -2.67. The largest absolute Gasteiger partial charge is 0.459 e. The SMILES string of the molecule is COCc1ccc(/C=C2/C(=O)NC3CC=C([N+](=O)[O-])C=C23)o1. The number of ether oxygens (including phenoxy) is 1. The van der Waals surface area contributed by atoms with Gasteiger partial charge in [0.1, 0.15) is 18.1 Å². The Morgan fingerprint density at radius 1 is 1.55 bits per heavy atom. The summed E-state index contributed by atoms with van der Waals surface area (Å²) in [4.78, 5) is 22.5. The van der Waals surface area contributed by atoms with Crippen molar-refractivity contribution in [1.82, 2.24) is 5.32 Å². The molecule has 2 heterocycles. The fourth-order valence-electron chi connectivity index (χ4n) is 2.56. The average Bonchev–Trinajstić information content (AvgIpc) is 3.04. The van der Waals surface area contributed by atoms with Gasteiger partial charge in [-0.3, -0.25) is 14.9 Å². The highest BCUT2D eigenvalue weighted by atomic mass is 16.6. The van der Waals surface area contributed by atoms with Crippen LogP contribution in [-0.4, -0.2) is 24.0 Å². The Bertz CT molecular complexity index is 726. The van der Waals surface area contributed by atoms with E-state index in [4.69, 9.17) is 9.15 Å². The smallest absolute Gasteiger partial charge is 0.265 e. The van der Waals surface area contributed by atoms with Gasteiger partial charge >= 0.3 is 0 Å².